The number of benzene rings is 1. The van der Waals surface area contributed by atoms with Crippen LogP contribution < -0.4 is 11.4 Å². The van der Waals surface area contributed by atoms with Crippen LogP contribution in [0, 0.1) is 13.8 Å². The van der Waals surface area contributed by atoms with E-state index in [2.05, 4.69) is 9.97 Å². The lowest BCUT2D eigenvalue weighted by Gasteiger charge is -2.08. The number of rotatable bonds is 6. The summed E-state index contributed by atoms with van der Waals surface area (Å²) >= 11 is 1.47. The van der Waals surface area contributed by atoms with Gasteiger partial charge in [0, 0.05) is 23.1 Å². The monoisotopic (exact) mass is 435 g/mol. The first-order valence-electron chi connectivity index (χ1n) is 9.75. The van der Waals surface area contributed by atoms with Gasteiger partial charge in [-0.15, -0.1) is 0 Å². The Labute approximate surface area is 182 Å². The number of aryl methyl sites for hydroxylation is 3. The number of ketones is 1. The molecule has 3 aromatic heterocycles. The Morgan fingerprint density at radius 3 is 2.48 bits per heavy atom. The molecule has 0 saturated carbocycles. The van der Waals surface area contributed by atoms with Crippen LogP contribution in [0.5, 0.6) is 0 Å². The predicted molar refractivity (Wildman–Crippen MR) is 120 cm³/mol. The first-order chi connectivity index (χ1) is 14.8. The summed E-state index contributed by atoms with van der Waals surface area (Å²) in [6.45, 7) is 5.76. The number of nitrogens with two attached hydrogens (primary N) is 1. The maximum Gasteiger partial charge on any atom is 0.330 e. The molecule has 2 N–H and O–H groups in total. The third kappa shape index (κ3) is 3.57. The van der Waals surface area contributed by atoms with Crippen molar-refractivity contribution in [2.75, 3.05) is 0 Å². The smallest absolute Gasteiger partial charge is 0.330 e. The fourth-order valence-electron chi connectivity index (χ4n) is 3.49. The highest BCUT2D eigenvalue weighted by Gasteiger charge is 2.24. The van der Waals surface area contributed by atoms with Crippen LogP contribution in [0.3, 0.4) is 0 Å². The molecule has 0 aliphatic heterocycles. The maximum absolute atomic E-state index is 13.1. The lowest BCUT2D eigenvalue weighted by Crippen LogP contribution is -2.27. The number of hydrogen-bond acceptors (Lipinski definition) is 6. The minimum Gasteiger partial charge on any atom is -0.364 e. The first kappa shape index (κ1) is 20.7. The van der Waals surface area contributed by atoms with Crippen LogP contribution in [0.25, 0.3) is 22.6 Å². The van der Waals surface area contributed by atoms with Crippen LogP contribution in [0.1, 0.15) is 38.9 Å². The van der Waals surface area contributed by atoms with Crippen LogP contribution in [-0.2, 0) is 13.1 Å². The van der Waals surface area contributed by atoms with Crippen molar-refractivity contribution < 1.29 is 9.59 Å². The molecule has 0 unspecified atom stereocenters. The number of carbonyl (C=O) groups is 2. The molecule has 0 spiro atoms. The molecule has 0 aliphatic rings. The molecule has 9 heteroatoms. The summed E-state index contributed by atoms with van der Waals surface area (Å²) in [6, 6.07) is 7.22. The maximum atomic E-state index is 13.1. The molecule has 31 heavy (non-hydrogen) atoms. The van der Waals surface area contributed by atoms with Crippen LogP contribution in [0.4, 0.5) is 0 Å². The summed E-state index contributed by atoms with van der Waals surface area (Å²) in [5.41, 5.74) is 8.83. The number of hydrogen-bond donors (Lipinski definition) is 1. The molecule has 4 aromatic rings. The highest BCUT2D eigenvalue weighted by molar-refractivity contribution is 7.08. The molecule has 0 aliphatic carbocycles. The van der Waals surface area contributed by atoms with Crippen LogP contribution in [0.2, 0.25) is 0 Å². The normalized spacial score (nSPS) is 11.2. The van der Waals surface area contributed by atoms with Crippen LogP contribution in [0.15, 0.2) is 39.8 Å². The summed E-state index contributed by atoms with van der Waals surface area (Å²) in [6.07, 6.45) is 0. The molecule has 0 fully saturated rings. The van der Waals surface area contributed by atoms with Crippen molar-refractivity contribution in [3.05, 3.63) is 67.9 Å². The fraction of sp³-hybridized carbons (Fsp3) is 0.227. The number of nitrogens with zero attached hydrogens (tertiary/aromatic N) is 4. The van der Waals surface area contributed by atoms with E-state index >= 15 is 0 Å². The van der Waals surface area contributed by atoms with Crippen LogP contribution in [-0.4, -0.2) is 30.8 Å². The number of thiophene rings is 1. The summed E-state index contributed by atoms with van der Waals surface area (Å²) in [5, 5.41) is 3.72. The van der Waals surface area contributed by atoms with E-state index in [9.17, 15) is 14.4 Å². The van der Waals surface area contributed by atoms with E-state index in [1.165, 1.54) is 20.5 Å². The van der Waals surface area contributed by atoms with Crippen molar-refractivity contribution in [1.82, 2.24) is 19.1 Å². The van der Waals surface area contributed by atoms with Crippen molar-refractivity contribution in [3.63, 3.8) is 0 Å². The molecular formula is C22H21N5O3S. The predicted octanol–water partition coefficient (Wildman–Crippen LogP) is 2.94. The van der Waals surface area contributed by atoms with Gasteiger partial charge in [0.1, 0.15) is 5.52 Å². The van der Waals surface area contributed by atoms with E-state index in [1.807, 2.05) is 36.7 Å². The average molecular weight is 436 g/mol. The molecule has 0 radical (unpaired) electrons. The number of fused-ring (bicyclic) bond motifs is 1. The van der Waals surface area contributed by atoms with Crippen molar-refractivity contribution in [2.45, 2.75) is 33.9 Å². The van der Waals surface area contributed by atoms with Crippen molar-refractivity contribution in [3.8, 4) is 11.4 Å². The zero-order chi connectivity index (χ0) is 22.3. The Balaban J connectivity index is 1.92. The number of aromatic nitrogens is 4. The molecule has 8 nitrogen and oxygen atoms in total. The number of Topliss-reactive ketones (excluding diaryl/α,β-unsaturated/α-hetero) is 1. The third-order valence-corrected chi connectivity index (χ3v) is 6.00. The molecule has 0 bridgehead atoms. The van der Waals surface area contributed by atoms with E-state index in [0.29, 0.717) is 17.9 Å². The van der Waals surface area contributed by atoms with E-state index in [-0.39, 0.29) is 29.2 Å². The van der Waals surface area contributed by atoms with Crippen molar-refractivity contribution in [1.29, 1.82) is 0 Å². The van der Waals surface area contributed by atoms with Gasteiger partial charge < -0.3 is 5.73 Å². The molecule has 3 heterocycles. The Kier molecular flexibility index (Phi) is 5.28. The van der Waals surface area contributed by atoms with Gasteiger partial charge in [0.2, 0.25) is 0 Å². The summed E-state index contributed by atoms with van der Waals surface area (Å²) < 4.78 is 2.67. The number of carbonyl (C=O) groups excluding carboxylic acids is 2. The van der Waals surface area contributed by atoms with Gasteiger partial charge in [-0.1, -0.05) is 12.1 Å². The lowest BCUT2D eigenvalue weighted by atomic mass is 10.0. The summed E-state index contributed by atoms with van der Waals surface area (Å²) in [5.74, 6) is -0.732. The van der Waals surface area contributed by atoms with Gasteiger partial charge in [0.05, 0.1) is 6.54 Å². The molecule has 0 atom stereocenters. The van der Waals surface area contributed by atoms with Gasteiger partial charge in [-0.25, -0.2) is 14.8 Å². The second-order valence-electron chi connectivity index (χ2n) is 7.28. The quantitative estimate of drug-likeness (QED) is 0.468. The second-order valence-corrected chi connectivity index (χ2v) is 8.06. The van der Waals surface area contributed by atoms with Crippen molar-refractivity contribution in [2.24, 2.45) is 5.73 Å². The zero-order valence-corrected chi connectivity index (χ0v) is 18.2. The summed E-state index contributed by atoms with van der Waals surface area (Å²) in [7, 11) is 0. The standard InChI is InChI=1S/C22H21N5O3S/c1-4-26-21-18(17(19(23)29)24-20(25-21)15-7-8-31-11-15)27(22(26)30)10-16(28)14-6-5-12(2)13(3)9-14/h5-9,11H,4,10H2,1-3H3,(H2,23,29). The van der Waals surface area contributed by atoms with E-state index < -0.39 is 11.6 Å². The highest BCUT2D eigenvalue weighted by atomic mass is 32.1. The SMILES string of the molecule is CCn1c(=O)n(CC(=O)c2ccc(C)c(C)c2)c2c(C(N)=O)nc(-c3ccsc3)nc21. The fourth-order valence-corrected chi connectivity index (χ4v) is 4.12. The van der Waals surface area contributed by atoms with Gasteiger partial charge in [-0.2, -0.15) is 11.3 Å². The first-order valence-corrected chi connectivity index (χ1v) is 10.7. The van der Waals surface area contributed by atoms with Crippen LogP contribution >= 0.6 is 11.3 Å². The lowest BCUT2D eigenvalue weighted by molar-refractivity contribution is 0.0966. The minimum absolute atomic E-state index is 0.0802. The average Bonchev–Trinajstić information content (AvgIpc) is 3.36. The molecule has 1 amide bonds. The molecule has 0 saturated heterocycles. The Morgan fingerprint density at radius 1 is 1.10 bits per heavy atom. The third-order valence-electron chi connectivity index (χ3n) is 5.31. The van der Waals surface area contributed by atoms with Gasteiger partial charge in [0.15, 0.2) is 22.9 Å². The molecule has 1 aromatic carbocycles. The van der Waals surface area contributed by atoms with Gasteiger partial charge in [-0.05, 0) is 49.4 Å². The molecule has 4 rings (SSSR count). The minimum atomic E-state index is -0.787. The Bertz CT molecular complexity index is 1380. The van der Waals surface area contributed by atoms with Gasteiger partial charge in [0.25, 0.3) is 5.91 Å². The van der Waals surface area contributed by atoms with Gasteiger partial charge in [-0.3, -0.25) is 18.7 Å². The number of imidazole rings is 1. The van der Waals surface area contributed by atoms with E-state index in [0.717, 1.165) is 16.7 Å². The topological polar surface area (TPSA) is 113 Å². The Morgan fingerprint density at radius 2 is 1.87 bits per heavy atom. The second kappa shape index (κ2) is 7.92. The highest BCUT2D eigenvalue weighted by Crippen LogP contribution is 2.23. The summed E-state index contributed by atoms with van der Waals surface area (Å²) in [4.78, 5) is 47.2. The van der Waals surface area contributed by atoms with Crippen molar-refractivity contribution >= 4 is 34.2 Å². The zero-order valence-electron chi connectivity index (χ0n) is 17.4. The Hall–Kier alpha value is -3.59. The van der Waals surface area contributed by atoms with E-state index in [1.54, 1.807) is 19.1 Å². The molecular weight excluding hydrogens is 414 g/mol. The van der Waals surface area contributed by atoms with Gasteiger partial charge >= 0.3 is 5.69 Å². The molecule has 158 valence electrons. The largest absolute Gasteiger partial charge is 0.364 e. The number of amides is 1. The number of primary amides is 1. The van der Waals surface area contributed by atoms with E-state index in [4.69, 9.17) is 5.73 Å².